The van der Waals surface area contributed by atoms with Gasteiger partial charge in [-0.1, -0.05) is 0 Å². The molecule has 0 N–H and O–H groups in total. The van der Waals surface area contributed by atoms with E-state index in [9.17, 15) is 0 Å². The molecule has 20 heavy (non-hydrogen) atoms. The Balaban J connectivity index is 1.76. The van der Waals surface area contributed by atoms with Crippen LogP contribution < -0.4 is 0 Å². The Hall–Kier alpha value is -0.160. The van der Waals surface area contributed by atoms with E-state index in [0.717, 1.165) is 0 Å². The SMILES string of the molecule is CC(CCN1CCN(C)C[C@H]1C)N1CCN(C)C[C@@H]1C. The third-order valence-corrected chi connectivity index (χ3v) is 5.25. The van der Waals surface area contributed by atoms with Gasteiger partial charge in [0.2, 0.25) is 0 Å². The van der Waals surface area contributed by atoms with Crippen molar-refractivity contribution in [3.8, 4) is 0 Å². The molecule has 2 fully saturated rings. The maximum atomic E-state index is 2.71. The third-order valence-electron chi connectivity index (χ3n) is 5.25. The second-order valence-electron chi connectivity index (χ2n) is 7.13. The largest absolute Gasteiger partial charge is 0.304 e. The van der Waals surface area contributed by atoms with Gasteiger partial charge < -0.3 is 9.80 Å². The van der Waals surface area contributed by atoms with E-state index in [2.05, 4.69) is 54.5 Å². The van der Waals surface area contributed by atoms with Gasteiger partial charge in [-0.3, -0.25) is 9.80 Å². The number of rotatable bonds is 4. The first-order valence-corrected chi connectivity index (χ1v) is 8.34. The lowest BCUT2D eigenvalue weighted by Gasteiger charge is -2.43. The van der Waals surface area contributed by atoms with Crippen molar-refractivity contribution in [2.45, 2.75) is 45.3 Å². The summed E-state index contributed by atoms with van der Waals surface area (Å²) in [7, 11) is 4.48. The van der Waals surface area contributed by atoms with E-state index < -0.39 is 0 Å². The second kappa shape index (κ2) is 7.21. The molecule has 1 unspecified atom stereocenters. The Labute approximate surface area is 125 Å². The minimum absolute atomic E-state index is 0.702. The molecule has 0 bridgehead atoms. The van der Waals surface area contributed by atoms with E-state index in [1.807, 2.05) is 0 Å². The van der Waals surface area contributed by atoms with Crippen LogP contribution in [0.5, 0.6) is 0 Å². The van der Waals surface area contributed by atoms with Crippen molar-refractivity contribution in [1.82, 2.24) is 19.6 Å². The van der Waals surface area contributed by atoms with E-state index in [1.54, 1.807) is 0 Å². The van der Waals surface area contributed by atoms with Gasteiger partial charge in [0.15, 0.2) is 0 Å². The summed E-state index contributed by atoms with van der Waals surface area (Å²) in [4.78, 5) is 10.3. The Bertz CT molecular complexity index is 296. The fourth-order valence-electron chi connectivity index (χ4n) is 3.84. The zero-order valence-electron chi connectivity index (χ0n) is 14.2. The van der Waals surface area contributed by atoms with Crippen LogP contribution in [0.15, 0.2) is 0 Å². The van der Waals surface area contributed by atoms with Crippen LogP contribution in [-0.2, 0) is 0 Å². The monoisotopic (exact) mass is 282 g/mol. The third kappa shape index (κ3) is 4.17. The summed E-state index contributed by atoms with van der Waals surface area (Å²) >= 11 is 0. The van der Waals surface area contributed by atoms with Gasteiger partial charge in [-0.15, -0.1) is 0 Å². The Kier molecular flexibility index (Phi) is 5.84. The lowest BCUT2D eigenvalue weighted by molar-refractivity contribution is 0.0484. The van der Waals surface area contributed by atoms with Gasteiger partial charge in [-0.25, -0.2) is 0 Å². The molecule has 0 aliphatic carbocycles. The second-order valence-corrected chi connectivity index (χ2v) is 7.13. The first-order valence-electron chi connectivity index (χ1n) is 8.34. The van der Waals surface area contributed by atoms with Crippen molar-refractivity contribution in [1.29, 1.82) is 0 Å². The number of likely N-dealkylation sites (N-methyl/N-ethyl adjacent to an activating group) is 2. The Morgan fingerprint density at radius 1 is 0.900 bits per heavy atom. The molecule has 0 saturated carbocycles. The van der Waals surface area contributed by atoms with Crippen LogP contribution in [0.1, 0.15) is 27.2 Å². The smallest absolute Gasteiger partial charge is 0.0198 e. The highest BCUT2D eigenvalue weighted by Crippen LogP contribution is 2.16. The Morgan fingerprint density at radius 3 is 2.10 bits per heavy atom. The van der Waals surface area contributed by atoms with E-state index in [-0.39, 0.29) is 0 Å². The minimum Gasteiger partial charge on any atom is -0.304 e. The molecule has 2 aliphatic heterocycles. The van der Waals surface area contributed by atoms with Crippen molar-refractivity contribution < 1.29 is 0 Å². The molecule has 0 radical (unpaired) electrons. The molecule has 2 aliphatic rings. The highest BCUT2D eigenvalue weighted by atomic mass is 15.3. The lowest BCUT2D eigenvalue weighted by atomic mass is 10.1. The molecular formula is C16H34N4. The highest BCUT2D eigenvalue weighted by Gasteiger charge is 2.27. The molecule has 0 aromatic rings. The predicted molar refractivity (Wildman–Crippen MR) is 86.3 cm³/mol. The molecule has 4 heteroatoms. The topological polar surface area (TPSA) is 13.0 Å². The summed E-state index contributed by atoms with van der Waals surface area (Å²) in [5, 5.41) is 0. The van der Waals surface area contributed by atoms with Crippen LogP contribution >= 0.6 is 0 Å². The standard InChI is InChI=1S/C16H34N4/c1-14(20-11-9-18(5)13-16(20)3)6-7-19-10-8-17(4)12-15(19)2/h14-16H,6-13H2,1-5H3/t14?,15-,16+/m1/s1. The van der Waals surface area contributed by atoms with Crippen LogP contribution in [-0.4, -0.2) is 97.6 Å². The maximum Gasteiger partial charge on any atom is 0.0198 e. The summed E-state index contributed by atoms with van der Waals surface area (Å²) < 4.78 is 0. The summed E-state index contributed by atoms with van der Waals surface area (Å²) in [6.45, 7) is 15.8. The number of piperazine rings is 2. The van der Waals surface area contributed by atoms with Gasteiger partial charge in [0, 0.05) is 57.4 Å². The molecule has 0 amide bonds. The van der Waals surface area contributed by atoms with Crippen LogP contribution in [0.4, 0.5) is 0 Å². The molecule has 0 spiro atoms. The zero-order valence-corrected chi connectivity index (χ0v) is 14.2. The minimum atomic E-state index is 0.702. The van der Waals surface area contributed by atoms with E-state index in [4.69, 9.17) is 0 Å². The summed E-state index contributed by atoms with van der Waals surface area (Å²) in [6.07, 6.45) is 1.31. The van der Waals surface area contributed by atoms with Gasteiger partial charge in [-0.05, 0) is 47.8 Å². The van der Waals surface area contributed by atoms with Gasteiger partial charge in [0.05, 0.1) is 0 Å². The molecule has 4 nitrogen and oxygen atoms in total. The van der Waals surface area contributed by atoms with Crippen molar-refractivity contribution in [3.05, 3.63) is 0 Å². The van der Waals surface area contributed by atoms with Crippen LogP contribution in [0, 0.1) is 0 Å². The first-order chi connectivity index (χ1) is 9.47. The molecule has 2 saturated heterocycles. The quantitative estimate of drug-likeness (QED) is 0.764. The van der Waals surface area contributed by atoms with Gasteiger partial charge in [-0.2, -0.15) is 0 Å². The van der Waals surface area contributed by atoms with Gasteiger partial charge >= 0.3 is 0 Å². The fraction of sp³-hybridized carbons (Fsp3) is 1.00. The lowest BCUT2D eigenvalue weighted by Crippen LogP contribution is -2.55. The van der Waals surface area contributed by atoms with E-state index >= 15 is 0 Å². The highest BCUT2D eigenvalue weighted by molar-refractivity contribution is 4.83. The van der Waals surface area contributed by atoms with Crippen molar-refractivity contribution >= 4 is 0 Å². The fourth-order valence-corrected chi connectivity index (χ4v) is 3.84. The average molecular weight is 282 g/mol. The van der Waals surface area contributed by atoms with Crippen molar-refractivity contribution in [2.24, 2.45) is 0 Å². The predicted octanol–water partition coefficient (Wildman–Crippen LogP) is 1.04. The van der Waals surface area contributed by atoms with Gasteiger partial charge in [0.1, 0.15) is 0 Å². The van der Waals surface area contributed by atoms with Gasteiger partial charge in [0.25, 0.3) is 0 Å². The number of nitrogens with zero attached hydrogens (tertiary/aromatic N) is 4. The Morgan fingerprint density at radius 2 is 1.50 bits per heavy atom. The molecule has 0 aromatic carbocycles. The average Bonchev–Trinajstić information content (AvgIpc) is 2.37. The molecule has 2 heterocycles. The molecule has 0 aromatic heterocycles. The van der Waals surface area contributed by atoms with Crippen LogP contribution in [0.25, 0.3) is 0 Å². The molecular weight excluding hydrogens is 248 g/mol. The zero-order chi connectivity index (χ0) is 14.7. The molecule has 2 rings (SSSR count). The first kappa shape index (κ1) is 16.2. The van der Waals surface area contributed by atoms with E-state index in [0.29, 0.717) is 18.1 Å². The van der Waals surface area contributed by atoms with Crippen LogP contribution in [0.2, 0.25) is 0 Å². The van der Waals surface area contributed by atoms with Crippen LogP contribution in [0.3, 0.4) is 0 Å². The summed E-state index contributed by atoms with van der Waals surface area (Å²) in [5.74, 6) is 0. The number of hydrogen-bond donors (Lipinski definition) is 0. The normalized spacial score (nSPS) is 33.5. The van der Waals surface area contributed by atoms with Crippen molar-refractivity contribution in [2.75, 3.05) is 59.9 Å². The summed E-state index contributed by atoms with van der Waals surface area (Å²) in [5.41, 5.74) is 0. The van der Waals surface area contributed by atoms with E-state index in [1.165, 1.54) is 52.2 Å². The number of hydrogen-bond acceptors (Lipinski definition) is 4. The van der Waals surface area contributed by atoms with Crippen molar-refractivity contribution in [3.63, 3.8) is 0 Å². The molecule has 3 atom stereocenters. The summed E-state index contributed by atoms with van der Waals surface area (Å²) in [6, 6.07) is 2.13. The molecule has 118 valence electrons. The maximum absolute atomic E-state index is 2.71.